The molecule has 0 fully saturated rings. The molecule has 0 spiro atoms. The molecule has 4 nitrogen and oxygen atoms in total. The number of halogens is 4. The van der Waals surface area contributed by atoms with E-state index < -0.39 is 34.0 Å². The first kappa shape index (κ1) is 16.9. The van der Waals surface area contributed by atoms with Crippen molar-refractivity contribution in [2.24, 2.45) is 7.05 Å². The third kappa shape index (κ3) is 2.49. The average Bonchev–Trinajstić information content (AvgIpc) is 2.81. The maximum atomic E-state index is 13.8. The SMILES string of the molecule is Cc1sc2nc(Sc3c(F)c(F)nc(F)c3F)n(C)c(=O)c2c1C. The van der Waals surface area contributed by atoms with Crippen LogP contribution in [-0.2, 0) is 7.05 Å². The van der Waals surface area contributed by atoms with Gasteiger partial charge in [-0.2, -0.15) is 13.8 Å². The topological polar surface area (TPSA) is 47.8 Å². The maximum absolute atomic E-state index is 13.8. The second-order valence-corrected chi connectivity index (χ2v) is 7.16. The highest BCUT2D eigenvalue weighted by Crippen LogP contribution is 2.34. The quantitative estimate of drug-likeness (QED) is 0.389. The third-order valence-electron chi connectivity index (χ3n) is 3.52. The van der Waals surface area contributed by atoms with Crippen molar-refractivity contribution >= 4 is 33.3 Å². The first-order valence-corrected chi connectivity index (χ1v) is 8.20. The van der Waals surface area contributed by atoms with E-state index in [-0.39, 0.29) is 5.16 Å². The molecular formula is C14H9F4N3OS2. The Morgan fingerprint density at radius 3 is 2.21 bits per heavy atom. The monoisotopic (exact) mass is 375 g/mol. The van der Waals surface area contributed by atoms with Crippen molar-refractivity contribution in [2.45, 2.75) is 23.9 Å². The van der Waals surface area contributed by atoms with E-state index in [9.17, 15) is 22.4 Å². The summed E-state index contributed by atoms with van der Waals surface area (Å²) in [7, 11) is 1.37. The van der Waals surface area contributed by atoms with Crippen molar-refractivity contribution in [3.05, 3.63) is 44.3 Å². The molecule has 0 aromatic carbocycles. The highest BCUT2D eigenvalue weighted by Gasteiger charge is 2.24. The number of aryl methyl sites for hydroxylation is 2. The Bertz CT molecular complexity index is 1020. The minimum Gasteiger partial charge on any atom is -0.290 e. The summed E-state index contributed by atoms with van der Waals surface area (Å²) in [5.41, 5.74) is 0.373. The van der Waals surface area contributed by atoms with Crippen LogP contribution < -0.4 is 5.56 Å². The number of hydrogen-bond acceptors (Lipinski definition) is 5. The van der Waals surface area contributed by atoms with Crippen molar-refractivity contribution in [3.63, 3.8) is 0 Å². The second-order valence-electron chi connectivity index (χ2n) is 4.97. The van der Waals surface area contributed by atoms with Gasteiger partial charge in [0.15, 0.2) is 16.8 Å². The Morgan fingerprint density at radius 1 is 1.04 bits per heavy atom. The van der Waals surface area contributed by atoms with Crippen molar-refractivity contribution in [2.75, 3.05) is 0 Å². The molecular weight excluding hydrogens is 366 g/mol. The van der Waals surface area contributed by atoms with Crippen LogP contribution in [0.25, 0.3) is 10.2 Å². The third-order valence-corrected chi connectivity index (χ3v) is 5.73. The zero-order valence-electron chi connectivity index (χ0n) is 12.6. The minimum atomic E-state index is -1.76. The Kier molecular flexibility index (Phi) is 4.12. The lowest BCUT2D eigenvalue weighted by Gasteiger charge is -2.09. The molecule has 24 heavy (non-hydrogen) atoms. The zero-order valence-corrected chi connectivity index (χ0v) is 14.2. The van der Waals surface area contributed by atoms with E-state index in [2.05, 4.69) is 9.97 Å². The molecule has 3 rings (SSSR count). The summed E-state index contributed by atoms with van der Waals surface area (Å²) in [6.07, 6.45) is 0. The van der Waals surface area contributed by atoms with Crippen molar-refractivity contribution in [1.82, 2.24) is 14.5 Å². The number of nitrogens with zero attached hydrogens (tertiary/aromatic N) is 3. The molecule has 3 aromatic rings. The van der Waals surface area contributed by atoms with Gasteiger partial charge in [-0.15, -0.1) is 11.3 Å². The van der Waals surface area contributed by atoms with Crippen LogP contribution in [0.3, 0.4) is 0 Å². The van der Waals surface area contributed by atoms with E-state index >= 15 is 0 Å². The van der Waals surface area contributed by atoms with Gasteiger partial charge in [0, 0.05) is 11.9 Å². The van der Waals surface area contributed by atoms with Gasteiger partial charge in [0.25, 0.3) is 17.5 Å². The van der Waals surface area contributed by atoms with E-state index in [4.69, 9.17) is 0 Å². The van der Waals surface area contributed by atoms with Crippen molar-refractivity contribution in [3.8, 4) is 0 Å². The normalized spacial score (nSPS) is 11.5. The minimum absolute atomic E-state index is 0.0865. The lowest BCUT2D eigenvalue weighted by molar-refractivity contribution is 0.383. The van der Waals surface area contributed by atoms with Crippen LogP contribution in [0, 0.1) is 37.4 Å². The summed E-state index contributed by atoms with van der Waals surface area (Å²) in [6, 6.07) is 0. The molecule has 0 aliphatic carbocycles. The molecule has 0 aliphatic rings. The van der Waals surface area contributed by atoms with Gasteiger partial charge in [-0.3, -0.25) is 9.36 Å². The van der Waals surface area contributed by atoms with Crippen molar-refractivity contribution in [1.29, 1.82) is 0 Å². The van der Waals surface area contributed by atoms with Crippen LogP contribution in [0.2, 0.25) is 0 Å². The fourth-order valence-electron chi connectivity index (χ4n) is 2.10. The fraction of sp³-hybridized carbons (Fsp3) is 0.214. The highest BCUT2D eigenvalue weighted by molar-refractivity contribution is 7.99. The molecule has 0 unspecified atom stereocenters. The van der Waals surface area contributed by atoms with E-state index in [1.165, 1.54) is 18.4 Å². The predicted octanol–water partition coefficient (Wildman–Crippen LogP) is 3.71. The van der Waals surface area contributed by atoms with Gasteiger partial charge in [0.2, 0.25) is 0 Å². The number of rotatable bonds is 2. The predicted molar refractivity (Wildman–Crippen MR) is 82.5 cm³/mol. The summed E-state index contributed by atoms with van der Waals surface area (Å²) in [5.74, 6) is -6.78. The molecule has 3 heterocycles. The number of thiophene rings is 1. The first-order chi connectivity index (χ1) is 11.2. The van der Waals surface area contributed by atoms with E-state index in [1.54, 1.807) is 6.92 Å². The second kappa shape index (κ2) is 5.85. The Morgan fingerprint density at radius 2 is 1.62 bits per heavy atom. The van der Waals surface area contributed by atoms with Crippen LogP contribution in [-0.4, -0.2) is 14.5 Å². The lowest BCUT2D eigenvalue weighted by atomic mass is 10.2. The molecule has 10 heteroatoms. The Labute approximate surface area is 141 Å². The molecule has 0 atom stereocenters. The lowest BCUT2D eigenvalue weighted by Crippen LogP contribution is -2.20. The smallest absolute Gasteiger partial charge is 0.262 e. The number of pyridine rings is 1. The number of hydrogen-bond donors (Lipinski definition) is 0. The van der Waals surface area contributed by atoms with Crippen LogP contribution in [0.1, 0.15) is 10.4 Å². The van der Waals surface area contributed by atoms with E-state index in [1.807, 2.05) is 6.92 Å². The summed E-state index contributed by atoms with van der Waals surface area (Å²) in [6.45, 7) is 3.60. The largest absolute Gasteiger partial charge is 0.290 e. The standard InChI is InChI=1S/C14H9F4N3OS2/c1-4-5(2)23-12-6(4)13(22)21(3)14(20-12)24-9-7(15)10(17)19-11(18)8(9)16/h1-3H3. The highest BCUT2D eigenvalue weighted by atomic mass is 32.2. The van der Waals surface area contributed by atoms with Crippen LogP contribution in [0.15, 0.2) is 14.8 Å². The van der Waals surface area contributed by atoms with Gasteiger partial charge in [0.1, 0.15) is 4.83 Å². The van der Waals surface area contributed by atoms with E-state index in [0.717, 1.165) is 15.0 Å². The van der Waals surface area contributed by atoms with Gasteiger partial charge < -0.3 is 0 Å². The van der Waals surface area contributed by atoms with Gasteiger partial charge in [-0.05, 0) is 31.2 Å². The summed E-state index contributed by atoms with van der Waals surface area (Å²) >= 11 is 1.58. The fourth-order valence-corrected chi connectivity index (χ4v) is 4.06. The average molecular weight is 375 g/mol. The molecule has 0 aliphatic heterocycles. The Hall–Kier alpha value is -1.94. The Balaban J connectivity index is 2.23. The van der Waals surface area contributed by atoms with Gasteiger partial charge in [-0.25, -0.2) is 13.8 Å². The van der Waals surface area contributed by atoms with Crippen LogP contribution in [0.5, 0.6) is 0 Å². The zero-order chi connectivity index (χ0) is 17.8. The van der Waals surface area contributed by atoms with Gasteiger partial charge in [-0.1, -0.05) is 0 Å². The van der Waals surface area contributed by atoms with Crippen LogP contribution in [0.4, 0.5) is 17.6 Å². The summed E-state index contributed by atoms with van der Waals surface area (Å²) < 4.78 is 55.1. The van der Waals surface area contributed by atoms with E-state index in [0.29, 0.717) is 22.0 Å². The van der Waals surface area contributed by atoms with Crippen LogP contribution >= 0.6 is 23.1 Å². The summed E-state index contributed by atoms with van der Waals surface area (Å²) in [4.78, 5) is 19.5. The molecule has 0 bridgehead atoms. The molecule has 0 saturated heterocycles. The molecule has 126 valence electrons. The molecule has 0 amide bonds. The first-order valence-electron chi connectivity index (χ1n) is 6.57. The number of aromatic nitrogens is 3. The van der Waals surface area contributed by atoms with Crippen molar-refractivity contribution < 1.29 is 17.6 Å². The molecule has 0 N–H and O–H groups in total. The summed E-state index contributed by atoms with van der Waals surface area (Å²) in [5, 5.41) is 0.328. The van der Waals surface area contributed by atoms with Gasteiger partial charge >= 0.3 is 0 Å². The van der Waals surface area contributed by atoms with Gasteiger partial charge in [0.05, 0.1) is 10.3 Å². The number of fused-ring (bicyclic) bond motifs is 1. The maximum Gasteiger partial charge on any atom is 0.262 e. The molecule has 3 aromatic heterocycles. The molecule has 0 radical (unpaired) electrons. The molecule has 0 saturated carbocycles.